The van der Waals surface area contributed by atoms with E-state index in [0.717, 1.165) is 25.7 Å². The third kappa shape index (κ3) is 3.16. The summed E-state index contributed by atoms with van der Waals surface area (Å²) >= 11 is 0. The van der Waals surface area contributed by atoms with Crippen LogP contribution in [-0.2, 0) is 10.2 Å². The fourth-order valence-electron chi connectivity index (χ4n) is 2.19. The summed E-state index contributed by atoms with van der Waals surface area (Å²) in [5.41, 5.74) is 5.51. The van der Waals surface area contributed by atoms with Crippen LogP contribution in [0.15, 0.2) is 0 Å². The maximum atomic E-state index is 12.1. The Kier molecular flexibility index (Phi) is 5.17. The molecule has 1 fully saturated rings. The van der Waals surface area contributed by atoms with E-state index in [9.17, 15) is 8.42 Å². The van der Waals surface area contributed by atoms with Gasteiger partial charge in [0.05, 0.1) is 0 Å². The Morgan fingerprint density at radius 2 is 1.75 bits per heavy atom. The average molecular weight is 249 g/mol. The summed E-state index contributed by atoms with van der Waals surface area (Å²) in [6.07, 6.45) is 5.39. The molecule has 0 heterocycles. The van der Waals surface area contributed by atoms with Crippen molar-refractivity contribution < 1.29 is 8.42 Å². The number of hydrogen-bond donors (Lipinski definition) is 1. The molecule has 1 saturated carbocycles. The van der Waals surface area contributed by atoms with Crippen LogP contribution in [0.25, 0.3) is 0 Å². The van der Waals surface area contributed by atoms with Gasteiger partial charge in [-0.25, -0.2) is 0 Å². The molecule has 0 aliphatic heterocycles. The molecular weight excluding hydrogens is 226 g/mol. The van der Waals surface area contributed by atoms with E-state index in [1.165, 1.54) is 10.7 Å². The van der Waals surface area contributed by atoms with Crippen molar-refractivity contribution >= 4 is 10.2 Å². The summed E-state index contributed by atoms with van der Waals surface area (Å²) in [4.78, 5) is 0. The van der Waals surface area contributed by atoms with Crippen molar-refractivity contribution in [1.82, 2.24) is 8.61 Å². The van der Waals surface area contributed by atoms with E-state index in [4.69, 9.17) is 5.73 Å². The summed E-state index contributed by atoms with van der Waals surface area (Å²) in [6, 6.07) is 0.143. The largest absolute Gasteiger partial charge is 0.329 e. The second kappa shape index (κ2) is 5.95. The van der Waals surface area contributed by atoms with Crippen molar-refractivity contribution in [2.45, 2.75) is 38.1 Å². The van der Waals surface area contributed by atoms with Gasteiger partial charge in [-0.2, -0.15) is 17.0 Å². The molecule has 96 valence electrons. The first kappa shape index (κ1) is 13.9. The molecule has 0 spiro atoms. The van der Waals surface area contributed by atoms with Crippen molar-refractivity contribution in [1.29, 1.82) is 0 Å². The predicted molar refractivity (Wildman–Crippen MR) is 65.2 cm³/mol. The zero-order chi connectivity index (χ0) is 12.2. The molecule has 0 unspecified atom stereocenters. The Balaban J connectivity index is 2.80. The molecule has 2 N–H and O–H groups in total. The van der Waals surface area contributed by atoms with Gasteiger partial charge >= 0.3 is 0 Å². The van der Waals surface area contributed by atoms with E-state index in [0.29, 0.717) is 13.1 Å². The van der Waals surface area contributed by atoms with Crippen LogP contribution in [0.3, 0.4) is 0 Å². The average Bonchev–Trinajstić information content (AvgIpc) is 2.26. The summed E-state index contributed by atoms with van der Waals surface area (Å²) < 4.78 is 27.1. The van der Waals surface area contributed by atoms with Crippen LogP contribution in [0.2, 0.25) is 0 Å². The van der Waals surface area contributed by atoms with Gasteiger partial charge in [0, 0.05) is 33.2 Å². The van der Waals surface area contributed by atoms with Crippen molar-refractivity contribution in [2.75, 3.05) is 27.2 Å². The van der Waals surface area contributed by atoms with Crippen LogP contribution >= 0.6 is 0 Å². The Morgan fingerprint density at radius 3 is 2.19 bits per heavy atom. The molecule has 0 aromatic carbocycles. The lowest BCUT2D eigenvalue weighted by molar-refractivity contribution is 0.246. The van der Waals surface area contributed by atoms with E-state index in [1.807, 2.05) is 0 Å². The fraction of sp³-hybridized carbons (Fsp3) is 1.00. The monoisotopic (exact) mass is 249 g/mol. The molecule has 5 nitrogen and oxygen atoms in total. The first-order chi connectivity index (χ1) is 7.50. The first-order valence-corrected chi connectivity index (χ1v) is 7.29. The normalized spacial score (nSPS) is 19.6. The molecular formula is C10H23N3O2S. The molecule has 0 bridgehead atoms. The topological polar surface area (TPSA) is 66.6 Å². The number of nitrogens with zero attached hydrogens (tertiary/aromatic N) is 2. The number of nitrogens with two attached hydrogens (primary N) is 1. The Hall–Kier alpha value is -0.170. The molecule has 0 amide bonds. The third-order valence-corrected chi connectivity index (χ3v) is 5.09. The summed E-state index contributed by atoms with van der Waals surface area (Å²) in [7, 11) is -0.172. The van der Waals surface area contributed by atoms with Crippen LogP contribution in [0.5, 0.6) is 0 Å². The minimum atomic E-state index is -3.31. The minimum Gasteiger partial charge on any atom is -0.329 e. The minimum absolute atomic E-state index is 0.143. The Labute approximate surface area is 98.8 Å². The van der Waals surface area contributed by atoms with Crippen LogP contribution in [-0.4, -0.2) is 50.3 Å². The van der Waals surface area contributed by atoms with Gasteiger partial charge in [0.1, 0.15) is 0 Å². The second-order valence-corrected chi connectivity index (χ2v) is 6.58. The Morgan fingerprint density at radius 1 is 1.19 bits per heavy atom. The zero-order valence-corrected chi connectivity index (χ0v) is 11.0. The molecule has 1 aliphatic rings. The van der Waals surface area contributed by atoms with E-state index in [1.54, 1.807) is 18.4 Å². The first-order valence-electron chi connectivity index (χ1n) is 5.89. The summed E-state index contributed by atoms with van der Waals surface area (Å²) in [6.45, 7) is 0.800. The molecule has 16 heavy (non-hydrogen) atoms. The van der Waals surface area contributed by atoms with Crippen molar-refractivity contribution in [3.63, 3.8) is 0 Å². The summed E-state index contributed by atoms with van der Waals surface area (Å²) in [5.74, 6) is 0. The van der Waals surface area contributed by atoms with E-state index >= 15 is 0 Å². The van der Waals surface area contributed by atoms with Crippen LogP contribution in [0.4, 0.5) is 0 Å². The van der Waals surface area contributed by atoms with Gasteiger partial charge in [0.15, 0.2) is 0 Å². The van der Waals surface area contributed by atoms with Gasteiger partial charge in [-0.05, 0) is 12.8 Å². The second-order valence-electron chi connectivity index (χ2n) is 4.48. The quantitative estimate of drug-likeness (QED) is 0.766. The summed E-state index contributed by atoms with van der Waals surface area (Å²) in [5, 5.41) is 0. The lowest BCUT2D eigenvalue weighted by Crippen LogP contribution is -2.48. The highest BCUT2D eigenvalue weighted by Crippen LogP contribution is 2.24. The van der Waals surface area contributed by atoms with Gasteiger partial charge < -0.3 is 5.73 Å². The number of hydrogen-bond acceptors (Lipinski definition) is 3. The SMILES string of the molecule is CN(C)S(=O)(=O)N(CCN)C1CCCCC1. The molecule has 6 heteroatoms. The van der Waals surface area contributed by atoms with Crippen molar-refractivity contribution in [2.24, 2.45) is 5.73 Å². The fourth-order valence-corrected chi connectivity index (χ4v) is 3.54. The highest BCUT2D eigenvalue weighted by atomic mass is 32.2. The lowest BCUT2D eigenvalue weighted by Gasteiger charge is -2.34. The lowest BCUT2D eigenvalue weighted by atomic mass is 9.95. The van der Waals surface area contributed by atoms with Gasteiger partial charge in [-0.1, -0.05) is 19.3 Å². The highest BCUT2D eigenvalue weighted by molar-refractivity contribution is 7.86. The van der Waals surface area contributed by atoms with Crippen molar-refractivity contribution in [3.05, 3.63) is 0 Å². The highest BCUT2D eigenvalue weighted by Gasteiger charge is 2.31. The van der Waals surface area contributed by atoms with Gasteiger partial charge in [-0.15, -0.1) is 0 Å². The predicted octanol–water partition coefficient (Wildman–Crippen LogP) is 0.386. The van der Waals surface area contributed by atoms with Crippen LogP contribution < -0.4 is 5.73 Å². The van der Waals surface area contributed by atoms with Gasteiger partial charge in [-0.3, -0.25) is 0 Å². The molecule has 0 saturated heterocycles. The maximum absolute atomic E-state index is 12.1. The molecule has 1 rings (SSSR count). The molecule has 1 aliphatic carbocycles. The molecule has 0 atom stereocenters. The van der Waals surface area contributed by atoms with E-state index in [2.05, 4.69) is 0 Å². The smallest absolute Gasteiger partial charge is 0.281 e. The van der Waals surface area contributed by atoms with Crippen LogP contribution in [0, 0.1) is 0 Å². The molecule has 0 radical (unpaired) electrons. The maximum Gasteiger partial charge on any atom is 0.281 e. The van der Waals surface area contributed by atoms with E-state index < -0.39 is 10.2 Å². The zero-order valence-electron chi connectivity index (χ0n) is 10.2. The number of rotatable bonds is 5. The standard InChI is InChI=1S/C10H23N3O2S/c1-12(2)16(14,15)13(9-8-11)10-6-4-3-5-7-10/h10H,3-9,11H2,1-2H3. The van der Waals surface area contributed by atoms with Crippen molar-refractivity contribution in [3.8, 4) is 0 Å². The van der Waals surface area contributed by atoms with E-state index in [-0.39, 0.29) is 6.04 Å². The van der Waals surface area contributed by atoms with Gasteiger partial charge in [0.2, 0.25) is 0 Å². The molecule has 0 aromatic rings. The molecule has 0 aromatic heterocycles. The van der Waals surface area contributed by atoms with Crippen LogP contribution in [0.1, 0.15) is 32.1 Å². The third-order valence-electron chi connectivity index (χ3n) is 3.09. The Bertz CT molecular complexity index is 297. The van der Waals surface area contributed by atoms with Gasteiger partial charge in [0.25, 0.3) is 10.2 Å².